The Kier molecular flexibility index (Phi) is 4.76. The number of hydrogen-bond donors (Lipinski definition) is 2. The molecule has 0 heterocycles. The average Bonchev–Trinajstić information content (AvgIpc) is 2.20. The molecule has 0 saturated heterocycles. The summed E-state index contributed by atoms with van der Waals surface area (Å²) < 4.78 is 6.33. The number of carbonyl (C=O) groups is 1. The minimum Gasteiger partial charge on any atom is -0.492 e. The summed E-state index contributed by atoms with van der Waals surface area (Å²) in [5.41, 5.74) is 6.61. The van der Waals surface area contributed by atoms with E-state index in [4.69, 9.17) is 10.5 Å². The Labute approximate surface area is 103 Å². The zero-order valence-electron chi connectivity index (χ0n) is 9.00. The van der Waals surface area contributed by atoms with Gasteiger partial charge >= 0.3 is 0 Å². The van der Waals surface area contributed by atoms with E-state index in [1.807, 2.05) is 13.0 Å². The molecule has 1 aromatic rings. The first kappa shape index (κ1) is 13.0. The molecule has 5 heteroatoms. The molecule has 16 heavy (non-hydrogen) atoms. The van der Waals surface area contributed by atoms with Crippen molar-refractivity contribution in [3.8, 4) is 5.75 Å². The molecule has 0 fully saturated rings. The number of ether oxygens (including phenoxy) is 1. The Morgan fingerprint density at radius 3 is 2.81 bits per heavy atom. The van der Waals surface area contributed by atoms with Crippen molar-refractivity contribution in [2.45, 2.75) is 20.0 Å². The van der Waals surface area contributed by atoms with Crippen LogP contribution < -0.4 is 10.5 Å². The van der Waals surface area contributed by atoms with Crippen LogP contribution in [0, 0.1) is 6.92 Å². The highest BCUT2D eigenvalue weighted by molar-refractivity contribution is 9.10. The molecule has 0 saturated carbocycles. The third-order valence-electron chi connectivity index (χ3n) is 2.08. The lowest BCUT2D eigenvalue weighted by Gasteiger charge is -2.13. The summed E-state index contributed by atoms with van der Waals surface area (Å²) >= 11 is 3.34. The van der Waals surface area contributed by atoms with Gasteiger partial charge in [0.2, 0.25) is 5.91 Å². The van der Waals surface area contributed by atoms with Crippen LogP contribution in [0.3, 0.4) is 0 Å². The number of primary amides is 1. The summed E-state index contributed by atoms with van der Waals surface area (Å²) in [5, 5.41) is 9.18. The fraction of sp³-hybridized carbons (Fsp3) is 0.364. The zero-order chi connectivity index (χ0) is 12.1. The number of benzene rings is 1. The molecule has 4 nitrogen and oxygen atoms in total. The highest BCUT2D eigenvalue weighted by atomic mass is 79.9. The summed E-state index contributed by atoms with van der Waals surface area (Å²) in [4.78, 5) is 10.6. The van der Waals surface area contributed by atoms with Crippen molar-refractivity contribution in [2.75, 3.05) is 6.61 Å². The van der Waals surface area contributed by atoms with E-state index in [9.17, 15) is 9.90 Å². The Morgan fingerprint density at radius 2 is 2.25 bits per heavy atom. The molecule has 0 radical (unpaired) electrons. The topological polar surface area (TPSA) is 72.6 Å². The van der Waals surface area contributed by atoms with Crippen LogP contribution in [-0.4, -0.2) is 17.6 Å². The number of amides is 1. The van der Waals surface area contributed by atoms with Crippen LogP contribution in [0.15, 0.2) is 16.6 Å². The molecule has 1 amide bonds. The van der Waals surface area contributed by atoms with Gasteiger partial charge in [-0.2, -0.15) is 0 Å². The number of aryl methyl sites for hydroxylation is 1. The van der Waals surface area contributed by atoms with Gasteiger partial charge in [-0.25, -0.2) is 0 Å². The van der Waals surface area contributed by atoms with Gasteiger partial charge in [-0.15, -0.1) is 0 Å². The molecule has 0 aliphatic heterocycles. The van der Waals surface area contributed by atoms with Gasteiger partial charge in [-0.1, -0.05) is 15.9 Å². The van der Waals surface area contributed by atoms with Crippen LogP contribution in [0.4, 0.5) is 0 Å². The van der Waals surface area contributed by atoms with Crippen LogP contribution in [0.1, 0.15) is 17.5 Å². The second-order valence-electron chi connectivity index (χ2n) is 3.43. The van der Waals surface area contributed by atoms with E-state index in [0.29, 0.717) is 11.3 Å². The second-order valence-corrected chi connectivity index (χ2v) is 4.35. The van der Waals surface area contributed by atoms with Crippen LogP contribution >= 0.6 is 15.9 Å². The normalized spacial score (nSPS) is 10.2. The second kappa shape index (κ2) is 5.86. The Morgan fingerprint density at radius 1 is 1.56 bits per heavy atom. The van der Waals surface area contributed by atoms with E-state index < -0.39 is 5.91 Å². The molecule has 0 unspecified atom stereocenters. The lowest BCUT2D eigenvalue weighted by molar-refractivity contribution is -0.118. The summed E-state index contributed by atoms with van der Waals surface area (Å²) in [7, 11) is 0. The highest BCUT2D eigenvalue weighted by Crippen LogP contribution is 2.28. The summed E-state index contributed by atoms with van der Waals surface area (Å²) in [5.74, 6) is 0.215. The van der Waals surface area contributed by atoms with Crippen molar-refractivity contribution in [1.82, 2.24) is 0 Å². The van der Waals surface area contributed by atoms with Crippen molar-refractivity contribution < 1.29 is 14.6 Å². The molecule has 0 aromatic heterocycles. The van der Waals surface area contributed by atoms with Crippen molar-refractivity contribution in [3.63, 3.8) is 0 Å². The van der Waals surface area contributed by atoms with Crippen LogP contribution in [-0.2, 0) is 11.4 Å². The number of aliphatic hydroxyl groups excluding tert-OH is 1. The van der Waals surface area contributed by atoms with E-state index >= 15 is 0 Å². The fourth-order valence-corrected chi connectivity index (χ4v) is 2.00. The molecule has 0 bridgehead atoms. The Balaban J connectivity index is 2.81. The third kappa shape index (κ3) is 3.50. The van der Waals surface area contributed by atoms with Crippen LogP contribution in [0.25, 0.3) is 0 Å². The fourth-order valence-electron chi connectivity index (χ4n) is 1.38. The lowest BCUT2D eigenvalue weighted by Crippen LogP contribution is -2.15. The standard InChI is InChI=1S/C11H14BrNO3/c1-7-4-9(12)5-8(6-14)11(7)16-3-2-10(13)15/h4-5,14H,2-3,6H2,1H3,(H2,13,15). The SMILES string of the molecule is Cc1cc(Br)cc(CO)c1OCCC(N)=O. The van der Waals surface area contributed by atoms with Gasteiger partial charge in [0.25, 0.3) is 0 Å². The maximum Gasteiger partial charge on any atom is 0.220 e. The number of carbonyl (C=O) groups excluding carboxylic acids is 1. The molecule has 0 atom stereocenters. The molecule has 0 aliphatic rings. The first-order valence-electron chi connectivity index (χ1n) is 4.85. The Hall–Kier alpha value is -1.07. The molecule has 0 spiro atoms. The predicted octanol–water partition coefficient (Wildman–Crippen LogP) is 1.50. The van der Waals surface area contributed by atoms with Crippen LogP contribution in [0.2, 0.25) is 0 Å². The van der Waals surface area contributed by atoms with E-state index in [-0.39, 0.29) is 19.6 Å². The average molecular weight is 288 g/mol. The van der Waals surface area contributed by atoms with Crippen molar-refractivity contribution in [2.24, 2.45) is 5.73 Å². The van der Waals surface area contributed by atoms with Crippen molar-refractivity contribution >= 4 is 21.8 Å². The van der Waals surface area contributed by atoms with E-state index in [1.54, 1.807) is 6.07 Å². The molecular formula is C11H14BrNO3. The first-order chi connectivity index (χ1) is 7.54. The molecule has 3 N–H and O–H groups in total. The van der Waals surface area contributed by atoms with Gasteiger partial charge in [0.1, 0.15) is 5.75 Å². The number of nitrogens with two attached hydrogens (primary N) is 1. The maximum atomic E-state index is 10.6. The van der Waals surface area contributed by atoms with Crippen LogP contribution in [0.5, 0.6) is 5.75 Å². The highest BCUT2D eigenvalue weighted by Gasteiger charge is 2.08. The first-order valence-corrected chi connectivity index (χ1v) is 5.65. The van der Waals surface area contributed by atoms with Gasteiger partial charge in [-0.05, 0) is 24.6 Å². The minimum absolute atomic E-state index is 0.105. The van der Waals surface area contributed by atoms with E-state index in [2.05, 4.69) is 15.9 Å². The number of rotatable bonds is 5. The monoisotopic (exact) mass is 287 g/mol. The van der Waals surface area contributed by atoms with Crippen molar-refractivity contribution in [1.29, 1.82) is 0 Å². The molecule has 0 aliphatic carbocycles. The summed E-state index contributed by atoms with van der Waals surface area (Å²) in [6, 6.07) is 3.67. The number of aliphatic hydroxyl groups is 1. The molecule has 1 aromatic carbocycles. The Bertz CT molecular complexity index is 393. The summed E-state index contributed by atoms with van der Waals surface area (Å²) in [6.07, 6.45) is 0.167. The summed E-state index contributed by atoms with van der Waals surface area (Å²) in [6.45, 7) is 2.00. The van der Waals surface area contributed by atoms with Gasteiger partial charge < -0.3 is 15.6 Å². The van der Waals surface area contributed by atoms with E-state index in [1.165, 1.54) is 0 Å². The van der Waals surface area contributed by atoms with Gasteiger partial charge in [0.05, 0.1) is 19.6 Å². The largest absolute Gasteiger partial charge is 0.492 e. The van der Waals surface area contributed by atoms with Crippen molar-refractivity contribution in [3.05, 3.63) is 27.7 Å². The molecule has 88 valence electrons. The lowest BCUT2D eigenvalue weighted by atomic mass is 10.1. The number of halogens is 1. The molecule has 1 rings (SSSR count). The minimum atomic E-state index is -0.402. The van der Waals surface area contributed by atoms with Gasteiger partial charge in [0, 0.05) is 10.0 Å². The number of hydrogen-bond acceptors (Lipinski definition) is 3. The van der Waals surface area contributed by atoms with Gasteiger partial charge in [0.15, 0.2) is 0 Å². The zero-order valence-corrected chi connectivity index (χ0v) is 10.6. The maximum absolute atomic E-state index is 10.6. The molecular weight excluding hydrogens is 274 g/mol. The predicted molar refractivity (Wildman–Crippen MR) is 64.1 cm³/mol. The van der Waals surface area contributed by atoms with Gasteiger partial charge in [-0.3, -0.25) is 4.79 Å². The quantitative estimate of drug-likeness (QED) is 0.862. The van der Waals surface area contributed by atoms with E-state index in [0.717, 1.165) is 10.0 Å². The third-order valence-corrected chi connectivity index (χ3v) is 2.54. The smallest absolute Gasteiger partial charge is 0.220 e.